The van der Waals surface area contributed by atoms with Gasteiger partial charge in [0.15, 0.2) is 0 Å². The van der Waals surface area contributed by atoms with Crippen molar-refractivity contribution >= 4 is 5.69 Å². The molecule has 0 aromatic heterocycles. The van der Waals surface area contributed by atoms with Crippen LogP contribution in [-0.2, 0) is 11.3 Å². The molecule has 0 saturated carbocycles. The van der Waals surface area contributed by atoms with E-state index in [0.29, 0.717) is 12.3 Å². The Hall–Kier alpha value is -1.10. The number of rotatable bonds is 5. The van der Waals surface area contributed by atoms with E-state index in [1.165, 1.54) is 0 Å². The van der Waals surface area contributed by atoms with Crippen molar-refractivity contribution in [1.82, 2.24) is 0 Å². The van der Waals surface area contributed by atoms with Crippen molar-refractivity contribution in [2.75, 3.05) is 18.9 Å². The molecule has 1 unspecified atom stereocenters. The van der Waals surface area contributed by atoms with Crippen LogP contribution in [0.4, 0.5) is 5.69 Å². The van der Waals surface area contributed by atoms with Crippen LogP contribution in [0.15, 0.2) is 24.3 Å². The molecule has 1 aromatic carbocycles. The Labute approximate surface area is 82.9 Å². The molecule has 4 N–H and O–H groups in total. The highest BCUT2D eigenvalue weighted by atomic mass is 16.5. The minimum absolute atomic E-state index is 0.140. The van der Waals surface area contributed by atoms with Crippen molar-refractivity contribution in [3.05, 3.63) is 29.8 Å². The van der Waals surface area contributed by atoms with Gasteiger partial charge in [0.1, 0.15) is 6.10 Å². The molecule has 78 valence electrons. The fourth-order valence-corrected chi connectivity index (χ4v) is 0.979. The monoisotopic (exact) mass is 197 g/mol. The van der Waals surface area contributed by atoms with Gasteiger partial charge in [-0.05, 0) is 17.7 Å². The van der Waals surface area contributed by atoms with E-state index in [9.17, 15) is 0 Å². The number of nitrogen functional groups attached to an aromatic ring is 1. The van der Waals surface area contributed by atoms with Gasteiger partial charge in [0.25, 0.3) is 0 Å². The molecule has 0 saturated heterocycles. The van der Waals surface area contributed by atoms with Gasteiger partial charge in [0.05, 0.1) is 19.8 Å². The van der Waals surface area contributed by atoms with Gasteiger partial charge in [0, 0.05) is 5.69 Å². The van der Waals surface area contributed by atoms with Crippen LogP contribution in [0.1, 0.15) is 5.56 Å². The molecule has 14 heavy (non-hydrogen) atoms. The van der Waals surface area contributed by atoms with Crippen LogP contribution >= 0.6 is 0 Å². The molecule has 0 fully saturated rings. The van der Waals surface area contributed by atoms with Crippen LogP contribution in [0, 0.1) is 0 Å². The molecule has 4 heteroatoms. The van der Waals surface area contributed by atoms with E-state index >= 15 is 0 Å². The minimum atomic E-state index is -0.802. The van der Waals surface area contributed by atoms with Crippen molar-refractivity contribution in [2.24, 2.45) is 0 Å². The van der Waals surface area contributed by atoms with Crippen LogP contribution in [0.2, 0.25) is 0 Å². The van der Waals surface area contributed by atoms with Gasteiger partial charge in [-0.25, -0.2) is 0 Å². The summed E-state index contributed by atoms with van der Waals surface area (Å²) < 4.78 is 5.16. The molecule has 1 aromatic rings. The number of nitrogens with two attached hydrogens (primary N) is 1. The van der Waals surface area contributed by atoms with Crippen molar-refractivity contribution < 1.29 is 14.9 Å². The Bertz CT molecular complexity index is 261. The number of ether oxygens (including phenoxy) is 1. The van der Waals surface area contributed by atoms with Crippen molar-refractivity contribution in [1.29, 1.82) is 0 Å². The summed E-state index contributed by atoms with van der Waals surface area (Å²) in [6, 6.07) is 7.31. The predicted octanol–water partition coefficient (Wildman–Crippen LogP) is 0.139. The first-order chi connectivity index (χ1) is 6.72. The van der Waals surface area contributed by atoms with E-state index in [-0.39, 0.29) is 13.2 Å². The smallest absolute Gasteiger partial charge is 0.100 e. The largest absolute Gasteiger partial charge is 0.399 e. The second-order valence-electron chi connectivity index (χ2n) is 3.09. The normalized spacial score (nSPS) is 12.7. The lowest BCUT2D eigenvalue weighted by Crippen LogP contribution is -2.19. The van der Waals surface area contributed by atoms with Crippen LogP contribution in [0.3, 0.4) is 0 Å². The third-order valence-electron chi connectivity index (χ3n) is 1.77. The molecular formula is C10H15NO3. The maximum atomic E-state index is 8.99. The summed E-state index contributed by atoms with van der Waals surface area (Å²) >= 11 is 0. The average molecular weight is 197 g/mol. The minimum Gasteiger partial charge on any atom is -0.399 e. The highest BCUT2D eigenvalue weighted by Gasteiger charge is 2.01. The number of aliphatic hydroxyl groups excluding tert-OH is 2. The van der Waals surface area contributed by atoms with Gasteiger partial charge in [-0.1, -0.05) is 12.1 Å². The Morgan fingerprint density at radius 1 is 1.29 bits per heavy atom. The summed E-state index contributed by atoms with van der Waals surface area (Å²) in [4.78, 5) is 0. The molecule has 0 amide bonds. The van der Waals surface area contributed by atoms with Crippen LogP contribution < -0.4 is 5.73 Å². The Morgan fingerprint density at radius 2 is 1.93 bits per heavy atom. The van der Waals surface area contributed by atoms with E-state index in [1.54, 1.807) is 12.1 Å². The maximum absolute atomic E-state index is 8.99. The zero-order chi connectivity index (χ0) is 10.4. The molecule has 0 spiro atoms. The fraction of sp³-hybridized carbons (Fsp3) is 0.400. The van der Waals surface area contributed by atoms with Gasteiger partial charge in [-0.15, -0.1) is 0 Å². The molecule has 0 bridgehead atoms. The van der Waals surface area contributed by atoms with Gasteiger partial charge < -0.3 is 20.7 Å². The third-order valence-corrected chi connectivity index (χ3v) is 1.77. The Morgan fingerprint density at radius 3 is 2.50 bits per heavy atom. The van der Waals surface area contributed by atoms with Crippen LogP contribution in [0.5, 0.6) is 0 Å². The molecular weight excluding hydrogens is 182 g/mol. The van der Waals surface area contributed by atoms with Gasteiger partial charge in [0.2, 0.25) is 0 Å². The maximum Gasteiger partial charge on any atom is 0.100 e. The van der Waals surface area contributed by atoms with Crippen molar-refractivity contribution in [3.63, 3.8) is 0 Å². The number of hydrogen-bond donors (Lipinski definition) is 3. The van der Waals surface area contributed by atoms with Gasteiger partial charge in [-0.2, -0.15) is 0 Å². The Kier molecular flexibility index (Phi) is 4.39. The second-order valence-corrected chi connectivity index (χ2v) is 3.09. The topological polar surface area (TPSA) is 75.7 Å². The molecule has 0 aliphatic carbocycles. The molecule has 4 nitrogen and oxygen atoms in total. The fourth-order valence-electron chi connectivity index (χ4n) is 0.979. The van der Waals surface area contributed by atoms with Crippen LogP contribution in [-0.4, -0.2) is 29.5 Å². The molecule has 0 heterocycles. The molecule has 0 aliphatic heterocycles. The van der Waals surface area contributed by atoms with Gasteiger partial charge >= 0.3 is 0 Å². The number of aliphatic hydroxyl groups is 2. The molecule has 1 atom stereocenters. The lowest BCUT2D eigenvalue weighted by Gasteiger charge is -2.08. The first-order valence-electron chi connectivity index (χ1n) is 4.43. The lowest BCUT2D eigenvalue weighted by molar-refractivity contribution is 0.0000278. The predicted molar refractivity (Wildman–Crippen MR) is 53.6 cm³/mol. The molecule has 0 aliphatic rings. The number of hydrogen-bond acceptors (Lipinski definition) is 4. The van der Waals surface area contributed by atoms with E-state index in [0.717, 1.165) is 5.56 Å². The van der Waals surface area contributed by atoms with Gasteiger partial charge in [-0.3, -0.25) is 0 Å². The zero-order valence-corrected chi connectivity index (χ0v) is 7.89. The summed E-state index contributed by atoms with van der Waals surface area (Å²) in [7, 11) is 0. The van der Waals surface area contributed by atoms with E-state index in [4.69, 9.17) is 20.7 Å². The quantitative estimate of drug-likeness (QED) is 0.587. The highest BCUT2D eigenvalue weighted by Crippen LogP contribution is 2.06. The summed E-state index contributed by atoms with van der Waals surface area (Å²) in [5.41, 5.74) is 7.21. The lowest BCUT2D eigenvalue weighted by atomic mass is 10.2. The number of benzene rings is 1. The van der Waals surface area contributed by atoms with Crippen molar-refractivity contribution in [3.8, 4) is 0 Å². The summed E-state index contributed by atoms with van der Waals surface area (Å²) in [6.07, 6.45) is -0.802. The van der Waals surface area contributed by atoms with Crippen LogP contribution in [0.25, 0.3) is 0 Å². The zero-order valence-electron chi connectivity index (χ0n) is 7.89. The summed E-state index contributed by atoms with van der Waals surface area (Å²) in [6.45, 7) is 0.278. The Balaban J connectivity index is 2.28. The average Bonchev–Trinajstić information content (AvgIpc) is 2.21. The first kappa shape index (κ1) is 11.0. The molecule has 0 radical (unpaired) electrons. The third kappa shape index (κ3) is 3.74. The highest BCUT2D eigenvalue weighted by molar-refractivity contribution is 5.39. The van der Waals surface area contributed by atoms with Crippen molar-refractivity contribution in [2.45, 2.75) is 12.7 Å². The SMILES string of the molecule is Nc1ccc(COCC(O)CO)cc1. The van der Waals surface area contributed by atoms with E-state index in [1.807, 2.05) is 12.1 Å². The summed E-state index contributed by atoms with van der Waals surface area (Å²) in [5, 5.41) is 17.5. The number of anilines is 1. The summed E-state index contributed by atoms with van der Waals surface area (Å²) in [5.74, 6) is 0. The second kappa shape index (κ2) is 5.59. The first-order valence-corrected chi connectivity index (χ1v) is 4.43. The standard InChI is InChI=1S/C10H15NO3/c11-9-3-1-8(2-4-9)6-14-7-10(13)5-12/h1-4,10,12-13H,5-7,11H2. The molecule has 1 rings (SSSR count). The van der Waals surface area contributed by atoms with E-state index < -0.39 is 6.10 Å². The van der Waals surface area contributed by atoms with E-state index in [2.05, 4.69) is 0 Å².